The van der Waals surface area contributed by atoms with E-state index in [9.17, 15) is 19.2 Å². The van der Waals surface area contributed by atoms with Crippen LogP contribution in [-0.4, -0.2) is 59.6 Å². The van der Waals surface area contributed by atoms with E-state index in [-0.39, 0.29) is 35.2 Å². The molecule has 2 aromatic carbocycles. The number of ether oxygens (including phenoxy) is 2. The number of rotatable bonds is 7. The number of nitrogens with one attached hydrogen (secondary N) is 1. The number of hydrogen-bond acceptors (Lipinski definition) is 6. The summed E-state index contributed by atoms with van der Waals surface area (Å²) in [6.45, 7) is 0.381. The van der Waals surface area contributed by atoms with Crippen LogP contribution in [0.3, 0.4) is 0 Å². The minimum atomic E-state index is -1.09. The molecule has 2 aromatic rings. The van der Waals surface area contributed by atoms with Gasteiger partial charge in [-0.15, -0.1) is 0 Å². The molecule has 0 aliphatic carbocycles. The van der Waals surface area contributed by atoms with E-state index in [1.54, 1.807) is 12.1 Å². The number of aliphatic carboxylic acids is 1. The summed E-state index contributed by atoms with van der Waals surface area (Å²) >= 11 is 0. The highest BCUT2D eigenvalue weighted by Crippen LogP contribution is 2.26. The summed E-state index contributed by atoms with van der Waals surface area (Å²) in [6, 6.07) is 10.6. The van der Waals surface area contributed by atoms with Crippen LogP contribution in [0, 0.1) is 0 Å². The molecule has 9 nitrogen and oxygen atoms in total. The highest BCUT2D eigenvalue weighted by atomic mass is 16.5. The molecule has 2 heterocycles. The number of carboxylic acid groups (broad SMARTS) is 1. The minimum absolute atomic E-state index is 0.146. The van der Waals surface area contributed by atoms with Crippen molar-refractivity contribution in [3.63, 3.8) is 0 Å². The highest BCUT2D eigenvalue weighted by molar-refractivity contribution is 6.22. The van der Waals surface area contributed by atoms with Gasteiger partial charge in [-0.3, -0.25) is 19.3 Å². The Labute approximate surface area is 177 Å². The van der Waals surface area contributed by atoms with E-state index in [0.29, 0.717) is 18.0 Å². The van der Waals surface area contributed by atoms with E-state index < -0.39 is 24.4 Å². The molecule has 9 heteroatoms. The van der Waals surface area contributed by atoms with E-state index in [4.69, 9.17) is 14.6 Å². The van der Waals surface area contributed by atoms with Crippen LogP contribution in [0.1, 0.15) is 43.9 Å². The molecule has 0 radical (unpaired) electrons. The van der Waals surface area contributed by atoms with Gasteiger partial charge in [0.25, 0.3) is 17.7 Å². The fraction of sp³-hybridized carbons (Fsp3) is 0.273. The van der Waals surface area contributed by atoms with Gasteiger partial charge in [0, 0.05) is 17.9 Å². The first-order valence-corrected chi connectivity index (χ1v) is 9.80. The smallest absolute Gasteiger partial charge is 0.341 e. The van der Waals surface area contributed by atoms with Gasteiger partial charge in [0.15, 0.2) is 6.61 Å². The summed E-state index contributed by atoms with van der Waals surface area (Å²) in [5.41, 5.74) is 1.19. The summed E-state index contributed by atoms with van der Waals surface area (Å²) < 4.78 is 10.6. The van der Waals surface area contributed by atoms with Crippen molar-refractivity contribution >= 4 is 29.4 Å². The number of carbonyl (C=O) groups is 4. The second-order valence-electron chi connectivity index (χ2n) is 7.28. The van der Waals surface area contributed by atoms with E-state index >= 15 is 0 Å². The van der Waals surface area contributed by atoms with Crippen LogP contribution in [0.25, 0.3) is 0 Å². The zero-order chi connectivity index (χ0) is 22.0. The van der Waals surface area contributed by atoms with Crippen molar-refractivity contribution < 1.29 is 33.8 Å². The number of nitrogens with zero attached hydrogens (tertiary/aromatic N) is 1. The van der Waals surface area contributed by atoms with Gasteiger partial charge in [0.1, 0.15) is 5.75 Å². The zero-order valence-corrected chi connectivity index (χ0v) is 16.5. The maximum absolute atomic E-state index is 12.7. The maximum Gasteiger partial charge on any atom is 0.341 e. The van der Waals surface area contributed by atoms with Crippen molar-refractivity contribution in [2.45, 2.75) is 18.9 Å². The third-order valence-electron chi connectivity index (χ3n) is 5.12. The van der Waals surface area contributed by atoms with Gasteiger partial charge in [-0.25, -0.2) is 4.79 Å². The van der Waals surface area contributed by atoms with Gasteiger partial charge in [0.2, 0.25) is 0 Å². The number of amides is 3. The normalized spacial score (nSPS) is 17.5. The number of carbonyl (C=O) groups excluding carboxylic acids is 3. The summed E-state index contributed by atoms with van der Waals surface area (Å²) in [6.07, 6.45) is 1.57. The molecule has 31 heavy (non-hydrogen) atoms. The Morgan fingerprint density at radius 1 is 1.10 bits per heavy atom. The SMILES string of the molecule is O=C(O)COc1ccc(NC(=O)c2ccc3c(c2)C(=O)N(CC2CCCO2)C3=O)cc1. The third-order valence-corrected chi connectivity index (χ3v) is 5.12. The summed E-state index contributed by atoms with van der Waals surface area (Å²) in [5.74, 6) is -1.98. The molecular weight excluding hydrogens is 404 g/mol. The quantitative estimate of drug-likeness (QED) is 0.653. The summed E-state index contributed by atoms with van der Waals surface area (Å²) in [4.78, 5) is 49.7. The molecule has 2 aliphatic heterocycles. The highest BCUT2D eigenvalue weighted by Gasteiger charge is 2.37. The van der Waals surface area contributed by atoms with Crippen molar-refractivity contribution in [2.24, 2.45) is 0 Å². The average molecular weight is 424 g/mol. The molecule has 160 valence electrons. The largest absolute Gasteiger partial charge is 0.482 e. The molecule has 1 fully saturated rings. The van der Waals surface area contributed by atoms with Gasteiger partial charge in [0.05, 0.1) is 23.8 Å². The van der Waals surface area contributed by atoms with Crippen molar-refractivity contribution in [3.8, 4) is 5.75 Å². The predicted octanol–water partition coefficient (Wildman–Crippen LogP) is 2.18. The number of fused-ring (bicyclic) bond motifs is 1. The Kier molecular flexibility index (Phi) is 5.68. The van der Waals surface area contributed by atoms with Crippen molar-refractivity contribution in [1.29, 1.82) is 0 Å². The molecule has 0 spiro atoms. The molecule has 1 unspecified atom stereocenters. The number of imide groups is 1. The Morgan fingerprint density at radius 2 is 1.84 bits per heavy atom. The van der Waals surface area contributed by atoms with E-state index in [2.05, 4.69) is 5.32 Å². The van der Waals surface area contributed by atoms with E-state index in [1.807, 2.05) is 0 Å². The topological polar surface area (TPSA) is 122 Å². The Morgan fingerprint density at radius 3 is 2.52 bits per heavy atom. The molecule has 1 atom stereocenters. The average Bonchev–Trinajstić information content (AvgIpc) is 3.36. The Hall–Kier alpha value is -3.72. The number of anilines is 1. The van der Waals surface area contributed by atoms with Crippen LogP contribution < -0.4 is 10.1 Å². The molecule has 0 aromatic heterocycles. The predicted molar refractivity (Wildman–Crippen MR) is 108 cm³/mol. The zero-order valence-electron chi connectivity index (χ0n) is 16.5. The molecule has 0 bridgehead atoms. The first-order valence-electron chi connectivity index (χ1n) is 9.80. The van der Waals surface area contributed by atoms with Crippen LogP contribution in [0.15, 0.2) is 42.5 Å². The first kappa shape index (κ1) is 20.5. The van der Waals surface area contributed by atoms with Crippen LogP contribution in [0.2, 0.25) is 0 Å². The van der Waals surface area contributed by atoms with Gasteiger partial charge in [-0.05, 0) is 55.3 Å². The molecule has 2 N–H and O–H groups in total. The van der Waals surface area contributed by atoms with Crippen molar-refractivity contribution in [2.75, 3.05) is 25.1 Å². The fourth-order valence-electron chi connectivity index (χ4n) is 3.57. The Balaban J connectivity index is 1.44. The number of benzene rings is 2. The van der Waals surface area contributed by atoms with Gasteiger partial charge < -0.3 is 19.9 Å². The number of hydrogen-bond donors (Lipinski definition) is 2. The van der Waals surface area contributed by atoms with Gasteiger partial charge in [-0.1, -0.05) is 0 Å². The van der Waals surface area contributed by atoms with E-state index in [1.165, 1.54) is 35.2 Å². The lowest BCUT2D eigenvalue weighted by molar-refractivity contribution is -0.139. The van der Waals surface area contributed by atoms with Crippen molar-refractivity contribution in [1.82, 2.24) is 4.90 Å². The van der Waals surface area contributed by atoms with Crippen molar-refractivity contribution in [3.05, 3.63) is 59.2 Å². The fourth-order valence-corrected chi connectivity index (χ4v) is 3.57. The standard InChI is InChI=1S/C22H20N2O7/c25-19(26)12-31-15-6-4-14(5-7-15)23-20(27)13-3-8-17-18(10-13)22(29)24(21(17)28)11-16-2-1-9-30-16/h3-8,10,16H,1-2,9,11-12H2,(H,23,27)(H,25,26). The lowest BCUT2D eigenvalue weighted by Crippen LogP contribution is -2.36. The molecule has 0 saturated carbocycles. The van der Waals surface area contributed by atoms with Crippen LogP contribution in [0.4, 0.5) is 5.69 Å². The maximum atomic E-state index is 12.7. The van der Waals surface area contributed by atoms with Crippen LogP contribution >= 0.6 is 0 Å². The van der Waals surface area contributed by atoms with Crippen LogP contribution in [-0.2, 0) is 9.53 Å². The minimum Gasteiger partial charge on any atom is -0.482 e. The molecular formula is C22H20N2O7. The molecule has 1 saturated heterocycles. The second-order valence-corrected chi connectivity index (χ2v) is 7.28. The summed E-state index contributed by atoms with van der Waals surface area (Å²) in [7, 11) is 0. The summed E-state index contributed by atoms with van der Waals surface area (Å²) in [5, 5.41) is 11.3. The van der Waals surface area contributed by atoms with Gasteiger partial charge in [-0.2, -0.15) is 0 Å². The first-order chi connectivity index (χ1) is 14.9. The Bertz CT molecular complexity index is 1040. The van der Waals surface area contributed by atoms with Crippen LogP contribution in [0.5, 0.6) is 5.75 Å². The number of carboxylic acids is 1. The third kappa shape index (κ3) is 4.41. The molecule has 2 aliphatic rings. The van der Waals surface area contributed by atoms with E-state index in [0.717, 1.165) is 12.8 Å². The second kappa shape index (κ2) is 8.57. The lowest BCUT2D eigenvalue weighted by Gasteiger charge is -2.17. The molecule has 4 rings (SSSR count). The van der Waals surface area contributed by atoms with Gasteiger partial charge >= 0.3 is 5.97 Å². The molecule has 3 amide bonds. The monoisotopic (exact) mass is 424 g/mol. The lowest BCUT2D eigenvalue weighted by atomic mass is 10.1.